The molecule has 3 aromatic rings. The quantitative estimate of drug-likeness (QED) is 0.658. The molecule has 2 N–H and O–H groups in total. The van der Waals surface area contributed by atoms with E-state index in [0.717, 1.165) is 15.9 Å². The number of thiophene rings is 1. The minimum absolute atomic E-state index is 0.0152. The Kier molecular flexibility index (Phi) is 5.23. The number of aryl methyl sites for hydroxylation is 1. The zero-order valence-corrected chi connectivity index (χ0v) is 16.4. The van der Waals surface area contributed by atoms with Gasteiger partial charge < -0.3 is 10.4 Å². The van der Waals surface area contributed by atoms with Gasteiger partial charge in [-0.05, 0) is 32.0 Å². The van der Waals surface area contributed by atoms with Crippen LogP contribution in [0.15, 0.2) is 28.4 Å². The first kappa shape index (κ1) is 19.3. The van der Waals surface area contributed by atoms with Crippen molar-refractivity contribution in [3.05, 3.63) is 55.4 Å². The number of benzene rings is 1. The lowest BCUT2D eigenvalue weighted by molar-refractivity contribution is -0.118. The monoisotopic (exact) mass is 425 g/mol. The number of carbonyl (C=O) groups excluding carboxylic acids is 1. The van der Waals surface area contributed by atoms with Crippen molar-refractivity contribution in [3.8, 4) is 0 Å². The number of hydrogen-bond acceptors (Lipinski definition) is 5. The van der Waals surface area contributed by atoms with E-state index in [9.17, 15) is 19.5 Å². The highest BCUT2D eigenvalue weighted by Gasteiger charge is 2.24. The number of carbonyl (C=O) groups is 2. The predicted octanol–water partition coefficient (Wildman–Crippen LogP) is 3.97. The van der Waals surface area contributed by atoms with Crippen LogP contribution >= 0.6 is 34.5 Å². The van der Waals surface area contributed by atoms with Gasteiger partial charge in [0.1, 0.15) is 16.7 Å². The lowest BCUT2D eigenvalue weighted by Crippen LogP contribution is -2.34. The molecule has 0 aliphatic carbocycles. The molecule has 0 fully saturated rings. The number of anilines is 1. The van der Waals surface area contributed by atoms with Crippen molar-refractivity contribution in [2.75, 3.05) is 5.32 Å². The molecule has 140 valence electrons. The molecule has 3 rings (SSSR count). The van der Waals surface area contributed by atoms with Gasteiger partial charge in [-0.2, -0.15) is 0 Å². The molecule has 2 heterocycles. The van der Waals surface area contributed by atoms with Crippen LogP contribution in [0.1, 0.15) is 29.1 Å². The van der Waals surface area contributed by atoms with Crippen LogP contribution in [0.4, 0.5) is 5.69 Å². The average Bonchev–Trinajstić information content (AvgIpc) is 3.02. The largest absolute Gasteiger partial charge is 0.478 e. The summed E-state index contributed by atoms with van der Waals surface area (Å²) < 4.78 is 1.16. The SMILES string of the molecule is Cc1nc2scc(C(=O)O)c2c(=O)n1C(C)C(=O)Nc1cc(Cl)ccc1Cl. The molecule has 7 nitrogen and oxygen atoms in total. The first-order valence-corrected chi connectivity index (χ1v) is 9.33. The molecule has 1 unspecified atom stereocenters. The molecule has 0 bridgehead atoms. The fourth-order valence-electron chi connectivity index (χ4n) is 2.67. The highest BCUT2D eigenvalue weighted by molar-refractivity contribution is 7.17. The lowest BCUT2D eigenvalue weighted by Gasteiger charge is -2.18. The maximum absolute atomic E-state index is 12.9. The number of aromatic carboxylic acids is 1. The second-order valence-corrected chi connectivity index (χ2v) is 7.46. The fraction of sp³-hybridized carbons (Fsp3) is 0.176. The number of hydrogen-bond donors (Lipinski definition) is 2. The summed E-state index contributed by atoms with van der Waals surface area (Å²) in [5.74, 6) is -1.44. The Morgan fingerprint density at radius 2 is 2.04 bits per heavy atom. The van der Waals surface area contributed by atoms with Crippen molar-refractivity contribution in [1.29, 1.82) is 0 Å². The molecular formula is C17H13Cl2N3O4S. The van der Waals surface area contributed by atoms with Gasteiger partial charge in [-0.3, -0.25) is 14.2 Å². The number of halogens is 2. The molecule has 0 aliphatic heterocycles. The van der Waals surface area contributed by atoms with Crippen molar-refractivity contribution in [2.24, 2.45) is 0 Å². The molecule has 0 saturated heterocycles. The van der Waals surface area contributed by atoms with Crippen LogP contribution in [0.2, 0.25) is 10.0 Å². The predicted molar refractivity (Wildman–Crippen MR) is 105 cm³/mol. The number of rotatable bonds is 4. The molecule has 1 atom stereocenters. The molecule has 0 spiro atoms. The molecule has 27 heavy (non-hydrogen) atoms. The number of nitrogens with zero attached hydrogens (tertiary/aromatic N) is 2. The van der Waals surface area contributed by atoms with E-state index in [-0.39, 0.29) is 10.9 Å². The minimum Gasteiger partial charge on any atom is -0.478 e. The van der Waals surface area contributed by atoms with Gasteiger partial charge in [-0.1, -0.05) is 23.2 Å². The van der Waals surface area contributed by atoms with Crippen LogP contribution in [-0.2, 0) is 4.79 Å². The first-order chi connectivity index (χ1) is 12.7. The summed E-state index contributed by atoms with van der Waals surface area (Å²) in [5, 5.41) is 13.9. The third-order valence-corrected chi connectivity index (χ3v) is 5.44. The molecule has 1 amide bonds. The van der Waals surface area contributed by atoms with Crippen LogP contribution in [0.3, 0.4) is 0 Å². The Labute approximate surface area is 167 Å². The van der Waals surface area contributed by atoms with Crippen molar-refractivity contribution >= 4 is 62.3 Å². The van der Waals surface area contributed by atoms with E-state index < -0.39 is 23.5 Å². The Morgan fingerprint density at radius 1 is 1.33 bits per heavy atom. The zero-order valence-electron chi connectivity index (χ0n) is 14.1. The summed E-state index contributed by atoms with van der Waals surface area (Å²) >= 11 is 13.0. The second-order valence-electron chi connectivity index (χ2n) is 5.76. The number of nitrogens with one attached hydrogen (secondary N) is 1. The van der Waals surface area contributed by atoms with E-state index >= 15 is 0 Å². The van der Waals surface area contributed by atoms with Crippen LogP contribution in [-0.4, -0.2) is 26.5 Å². The standard InChI is InChI=1S/C17H13Cl2N3O4S/c1-7(14(23)21-12-5-9(18)3-4-11(12)19)22-8(2)20-15-13(16(22)24)10(6-27-15)17(25)26/h3-7H,1-2H3,(H,21,23)(H,25,26). The van der Waals surface area contributed by atoms with E-state index in [2.05, 4.69) is 10.3 Å². The number of amides is 1. The van der Waals surface area contributed by atoms with E-state index in [4.69, 9.17) is 23.2 Å². The highest BCUT2D eigenvalue weighted by atomic mass is 35.5. The van der Waals surface area contributed by atoms with Gasteiger partial charge in [-0.25, -0.2) is 9.78 Å². The summed E-state index contributed by atoms with van der Waals surface area (Å²) in [7, 11) is 0. The van der Waals surface area contributed by atoms with Crippen LogP contribution in [0.25, 0.3) is 10.2 Å². The van der Waals surface area contributed by atoms with Gasteiger partial charge in [-0.15, -0.1) is 11.3 Å². The maximum Gasteiger partial charge on any atom is 0.337 e. The number of carboxylic acid groups (broad SMARTS) is 1. The van der Waals surface area contributed by atoms with Crippen molar-refractivity contribution in [2.45, 2.75) is 19.9 Å². The van der Waals surface area contributed by atoms with Crippen molar-refractivity contribution < 1.29 is 14.7 Å². The summed E-state index contributed by atoms with van der Waals surface area (Å²) in [4.78, 5) is 41.5. The number of carboxylic acids is 1. The zero-order chi connectivity index (χ0) is 19.9. The molecule has 1 aromatic carbocycles. The van der Waals surface area contributed by atoms with Gasteiger partial charge in [0.15, 0.2) is 0 Å². The van der Waals surface area contributed by atoms with Crippen molar-refractivity contribution in [3.63, 3.8) is 0 Å². The number of aromatic nitrogens is 2. The molecule has 0 aliphatic rings. The third-order valence-electron chi connectivity index (χ3n) is 4.00. The minimum atomic E-state index is -1.22. The number of fused-ring (bicyclic) bond motifs is 1. The fourth-order valence-corrected chi connectivity index (χ4v) is 3.95. The summed E-state index contributed by atoms with van der Waals surface area (Å²) in [6, 6.07) is 3.66. The van der Waals surface area contributed by atoms with E-state index in [1.54, 1.807) is 19.1 Å². The van der Waals surface area contributed by atoms with Gasteiger partial charge in [0.05, 0.1) is 21.7 Å². The van der Waals surface area contributed by atoms with Gasteiger partial charge in [0.2, 0.25) is 5.91 Å². The summed E-state index contributed by atoms with van der Waals surface area (Å²) in [6.45, 7) is 3.10. The van der Waals surface area contributed by atoms with E-state index in [1.807, 2.05) is 0 Å². The Morgan fingerprint density at radius 3 is 2.70 bits per heavy atom. The average molecular weight is 426 g/mol. The van der Waals surface area contributed by atoms with Crippen molar-refractivity contribution in [1.82, 2.24) is 9.55 Å². The van der Waals surface area contributed by atoms with E-state index in [0.29, 0.717) is 26.4 Å². The van der Waals surface area contributed by atoms with Crippen LogP contribution < -0.4 is 10.9 Å². The Bertz CT molecular complexity index is 1140. The Balaban J connectivity index is 2.04. The van der Waals surface area contributed by atoms with E-state index in [1.165, 1.54) is 18.4 Å². The second kappa shape index (κ2) is 7.30. The highest BCUT2D eigenvalue weighted by Crippen LogP contribution is 2.27. The topological polar surface area (TPSA) is 101 Å². The summed E-state index contributed by atoms with van der Waals surface area (Å²) in [6.07, 6.45) is 0. The lowest BCUT2D eigenvalue weighted by atomic mass is 10.2. The normalized spacial score (nSPS) is 12.1. The van der Waals surface area contributed by atoms with Crippen LogP contribution in [0.5, 0.6) is 0 Å². The summed E-state index contributed by atoms with van der Waals surface area (Å²) in [5.41, 5.74) is -0.412. The molecule has 2 aromatic heterocycles. The molecular weight excluding hydrogens is 413 g/mol. The van der Waals surface area contributed by atoms with Gasteiger partial charge >= 0.3 is 5.97 Å². The molecule has 0 saturated carbocycles. The van der Waals surface area contributed by atoms with Gasteiger partial charge in [0, 0.05) is 10.4 Å². The third kappa shape index (κ3) is 3.55. The Hall–Kier alpha value is -2.42. The first-order valence-electron chi connectivity index (χ1n) is 7.70. The van der Waals surface area contributed by atoms with Gasteiger partial charge in [0.25, 0.3) is 5.56 Å². The molecule has 0 radical (unpaired) electrons. The smallest absolute Gasteiger partial charge is 0.337 e. The maximum atomic E-state index is 12.9. The van der Waals surface area contributed by atoms with Crippen LogP contribution in [0, 0.1) is 6.92 Å². The molecule has 10 heteroatoms.